The van der Waals surface area contributed by atoms with Gasteiger partial charge in [0.2, 0.25) is 0 Å². The molecule has 0 aromatic carbocycles. The topological polar surface area (TPSA) is 38.0 Å². The smallest absolute Gasteiger partial charge is 0.0107 e. The van der Waals surface area contributed by atoms with Crippen LogP contribution in [0.5, 0.6) is 0 Å². The van der Waals surface area contributed by atoms with Crippen molar-refractivity contribution < 1.29 is 0 Å². The van der Waals surface area contributed by atoms with Crippen molar-refractivity contribution in [1.82, 2.24) is 5.32 Å². The molecule has 0 amide bonds. The van der Waals surface area contributed by atoms with Crippen molar-refractivity contribution in [3.63, 3.8) is 0 Å². The summed E-state index contributed by atoms with van der Waals surface area (Å²) in [4.78, 5) is 0. The normalized spacial score (nSPS) is 30.7. The van der Waals surface area contributed by atoms with Gasteiger partial charge in [0, 0.05) is 6.04 Å². The average molecular weight is 184 g/mol. The Balaban J connectivity index is 2.19. The Morgan fingerprint density at radius 2 is 2.23 bits per heavy atom. The van der Waals surface area contributed by atoms with Gasteiger partial charge in [-0.25, -0.2) is 0 Å². The van der Waals surface area contributed by atoms with Gasteiger partial charge in [0.1, 0.15) is 0 Å². The lowest BCUT2D eigenvalue weighted by Crippen LogP contribution is -2.38. The first-order valence-electron chi connectivity index (χ1n) is 5.71. The molecule has 1 aliphatic rings. The summed E-state index contributed by atoms with van der Waals surface area (Å²) in [5.41, 5.74) is 5.72. The molecule has 3 unspecified atom stereocenters. The number of nitrogens with one attached hydrogen (secondary N) is 1. The molecule has 0 bridgehead atoms. The summed E-state index contributed by atoms with van der Waals surface area (Å²) >= 11 is 0. The van der Waals surface area contributed by atoms with E-state index in [1.54, 1.807) is 0 Å². The van der Waals surface area contributed by atoms with E-state index >= 15 is 0 Å². The minimum Gasteiger partial charge on any atom is -0.330 e. The second kappa shape index (κ2) is 5.61. The zero-order valence-corrected chi connectivity index (χ0v) is 9.05. The molecule has 1 fully saturated rings. The highest BCUT2D eigenvalue weighted by Crippen LogP contribution is 2.24. The van der Waals surface area contributed by atoms with E-state index in [9.17, 15) is 0 Å². The number of nitrogens with two attached hydrogens (primary N) is 1. The Bertz CT molecular complexity index is 136. The third-order valence-electron chi connectivity index (χ3n) is 3.39. The van der Waals surface area contributed by atoms with Gasteiger partial charge in [-0.3, -0.25) is 0 Å². The van der Waals surface area contributed by atoms with Gasteiger partial charge in [-0.2, -0.15) is 0 Å². The highest BCUT2D eigenvalue weighted by molar-refractivity contribution is 4.83. The Hall–Kier alpha value is -0.0800. The van der Waals surface area contributed by atoms with Crippen LogP contribution in [0.4, 0.5) is 0 Å². The first-order chi connectivity index (χ1) is 6.27. The van der Waals surface area contributed by atoms with Gasteiger partial charge >= 0.3 is 0 Å². The SMILES string of the molecule is CCC(C)CNC1CCCC1CN. The van der Waals surface area contributed by atoms with E-state index in [1.165, 1.54) is 25.7 Å². The molecule has 2 nitrogen and oxygen atoms in total. The fourth-order valence-electron chi connectivity index (χ4n) is 2.08. The van der Waals surface area contributed by atoms with Gasteiger partial charge in [-0.05, 0) is 37.8 Å². The van der Waals surface area contributed by atoms with Crippen LogP contribution in [0, 0.1) is 11.8 Å². The largest absolute Gasteiger partial charge is 0.330 e. The van der Waals surface area contributed by atoms with Gasteiger partial charge in [-0.15, -0.1) is 0 Å². The van der Waals surface area contributed by atoms with Crippen LogP contribution in [0.2, 0.25) is 0 Å². The molecule has 3 atom stereocenters. The van der Waals surface area contributed by atoms with E-state index < -0.39 is 0 Å². The Morgan fingerprint density at radius 3 is 2.85 bits per heavy atom. The molecule has 0 aromatic rings. The van der Waals surface area contributed by atoms with E-state index in [4.69, 9.17) is 5.73 Å². The molecular weight excluding hydrogens is 160 g/mol. The predicted octanol–water partition coefficient (Wildman–Crippen LogP) is 1.75. The van der Waals surface area contributed by atoms with E-state index in [2.05, 4.69) is 19.2 Å². The molecule has 2 heteroatoms. The summed E-state index contributed by atoms with van der Waals surface area (Å²) in [6.45, 7) is 6.58. The Labute approximate surface area is 82.3 Å². The van der Waals surface area contributed by atoms with E-state index in [-0.39, 0.29) is 0 Å². The zero-order chi connectivity index (χ0) is 9.68. The molecule has 3 N–H and O–H groups in total. The van der Waals surface area contributed by atoms with Crippen molar-refractivity contribution in [1.29, 1.82) is 0 Å². The van der Waals surface area contributed by atoms with Crippen molar-refractivity contribution in [2.24, 2.45) is 17.6 Å². The predicted molar refractivity (Wildman–Crippen MR) is 57.6 cm³/mol. The molecule has 0 spiro atoms. The van der Waals surface area contributed by atoms with Crippen LogP contribution in [0.1, 0.15) is 39.5 Å². The third-order valence-corrected chi connectivity index (χ3v) is 3.39. The van der Waals surface area contributed by atoms with Crippen LogP contribution in [0.25, 0.3) is 0 Å². The number of hydrogen-bond donors (Lipinski definition) is 2. The maximum absolute atomic E-state index is 5.72. The summed E-state index contributed by atoms with van der Waals surface area (Å²) in [7, 11) is 0. The summed E-state index contributed by atoms with van der Waals surface area (Å²) in [5.74, 6) is 1.54. The first-order valence-corrected chi connectivity index (χ1v) is 5.71. The molecule has 0 aliphatic heterocycles. The maximum Gasteiger partial charge on any atom is 0.0107 e. The molecule has 0 saturated heterocycles. The average Bonchev–Trinajstić information content (AvgIpc) is 2.61. The van der Waals surface area contributed by atoms with Crippen molar-refractivity contribution >= 4 is 0 Å². The molecule has 0 heterocycles. The van der Waals surface area contributed by atoms with Crippen LogP contribution >= 0.6 is 0 Å². The van der Waals surface area contributed by atoms with Crippen LogP contribution < -0.4 is 11.1 Å². The minimum absolute atomic E-state index is 0.707. The minimum atomic E-state index is 0.707. The van der Waals surface area contributed by atoms with Gasteiger partial charge in [0.25, 0.3) is 0 Å². The molecular formula is C11H24N2. The Morgan fingerprint density at radius 1 is 1.46 bits per heavy atom. The quantitative estimate of drug-likeness (QED) is 0.683. The fraction of sp³-hybridized carbons (Fsp3) is 1.00. The lowest BCUT2D eigenvalue weighted by Gasteiger charge is -2.21. The second-order valence-corrected chi connectivity index (χ2v) is 4.45. The summed E-state index contributed by atoms with van der Waals surface area (Å²) < 4.78 is 0. The molecule has 13 heavy (non-hydrogen) atoms. The second-order valence-electron chi connectivity index (χ2n) is 4.45. The standard InChI is InChI=1S/C11H24N2/c1-3-9(2)8-13-11-6-4-5-10(11)7-12/h9-11,13H,3-8,12H2,1-2H3. The van der Waals surface area contributed by atoms with Crippen LogP contribution in [0.3, 0.4) is 0 Å². The number of hydrogen-bond acceptors (Lipinski definition) is 2. The van der Waals surface area contributed by atoms with Crippen molar-refractivity contribution in [2.75, 3.05) is 13.1 Å². The lowest BCUT2D eigenvalue weighted by molar-refractivity contribution is 0.374. The van der Waals surface area contributed by atoms with Crippen molar-refractivity contribution in [3.8, 4) is 0 Å². The Kier molecular flexibility index (Phi) is 4.74. The van der Waals surface area contributed by atoms with E-state index in [1.807, 2.05) is 0 Å². The number of rotatable bonds is 5. The third kappa shape index (κ3) is 3.28. The van der Waals surface area contributed by atoms with E-state index in [0.29, 0.717) is 6.04 Å². The van der Waals surface area contributed by atoms with E-state index in [0.717, 1.165) is 24.9 Å². The van der Waals surface area contributed by atoms with Gasteiger partial charge in [0.05, 0.1) is 0 Å². The van der Waals surface area contributed by atoms with Crippen molar-refractivity contribution in [2.45, 2.75) is 45.6 Å². The monoisotopic (exact) mass is 184 g/mol. The fourth-order valence-corrected chi connectivity index (χ4v) is 2.08. The summed E-state index contributed by atoms with van der Waals surface area (Å²) in [5, 5.41) is 3.65. The van der Waals surface area contributed by atoms with Crippen LogP contribution in [-0.4, -0.2) is 19.1 Å². The maximum atomic E-state index is 5.72. The van der Waals surface area contributed by atoms with Crippen molar-refractivity contribution in [3.05, 3.63) is 0 Å². The first kappa shape index (κ1) is 11.0. The lowest BCUT2D eigenvalue weighted by atomic mass is 10.0. The van der Waals surface area contributed by atoms with Gasteiger partial charge in [0.15, 0.2) is 0 Å². The summed E-state index contributed by atoms with van der Waals surface area (Å²) in [6.07, 6.45) is 5.29. The van der Waals surface area contributed by atoms with Crippen LogP contribution in [-0.2, 0) is 0 Å². The molecule has 0 aromatic heterocycles. The van der Waals surface area contributed by atoms with Gasteiger partial charge in [-0.1, -0.05) is 26.7 Å². The van der Waals surface area contributed by atoms with Crippen LogP contribution in [0.15, 0.2) is 0 Å². The highest BCUT2D eigenvalue weighted by atomic mass is 14.9. The molecule has 1 rings (SSSR count). The molecule has 1 aliphatic carbocycles. The molecule has 1 saturated carbocycles. The highest BCUT2D eigenvalue weighted by Gasteiger charge is 2.25. The summed E-state index contributed by atoms with van der Waals surface area (Å²) in [6, 6.07) is 0.707. The zero-order valence-electron chi connectivity index (χ0n) is 9.05. The molecule has 0 radical (unpaired) electrons. The van der Waals surface area contributed by atoms with Gasteiger partial charge < -0.3 is 11.1 Å². The molecule has 78 valence electrons.